The number of pyridine rings is 2. The molecule has 5 rings (SSSR count). The van der Waals surface area contributed by atoms with E-state index >= 15 is 0 Å². The van der Waals surface area contributed by atoms with Gasteiger partial charge in [0.2, 0.25) is 5.56 Å². The summed E-state index contributed by atoms with van der Waals surface area (Å²) in [4.78, 5) is 29.2. The first-order valence-corrected chi connectivity index (χ1v) is 10.7. The van der Waals surface area contributed by atoms with Gasteiger partial charge in [-0.05, 0) is 25.1 Å². The van der Waals surface area contributed by atoms with E-state index in [1.54, 1.807) is 36.4 Å². The molecule has 0 aliphatic rings. The van der Waals surface area contributed by atoms with E-state index < -0.39 is 6.03 Å². The number of anilines is 2. The van der Waals surface area contributed by atoms with Gasteiger partial charge >= 0.3 is 6.03 Å². The smallest absolute Gasteiger partial charge is 0.318 e. The van der Waals surface area contributed by atoms with E-state index in [9.17, 15) is 9.59 Å². The lowest BCUT2D eigenvalue weighted by molar-refractivity contribution is 0.262. The molecule has 0 radical (unpaired) electrons. The minimum absolute atomic E-state index is 0.106. The molecule has 34 heavy (non-hydrogen) atoms. The third kappa shape index (κ3) is 3.93. The van der Waals surface area contributed by atoms with Crippen LogP contribution in [-0.4, -0.2) is 25.4 Å². The number of carbonyl (C=O) groups excluding carboxylic acids is 1. The largest absolute Gasteiger partial charge is 0.324 e. The summed E-state index contributed by atoms with van der Waals surface area (Å²) in [6.45, 7) is 1.89. The molecule has 0 bridgehead atoms. The van der Waals surface area contributed by atoms with Crippen molar-refractivity contribution >= 4 is 28.3 Å². The number of carbonyl (C=O) groups is 1. The second kappa shape index (κ2) is 8.67. The van der Waals surface area contributed by atoms with Crippen LogP contribution < -0.4 is 16.2 Å². The highest BCUT2D eigenvalue weighted by Gasteiger charge is 2.20. The summed E-state index contributed by atoms with van der Waals surface area (Å²) in [5.41, 5.74) is 3.51. The molecule has 0 atom stereocenters. The summed E-state index contributed by atoms with van der Waals surface area (Å²) < 4.78 is 3.19. The van der Waals surface area contributed by atoms with Gasteiger partial charge in [-0.25, -0.2) is 9.48 Å². The summed E-state index contributed by atoms with van der Waals surface area (Å²) in [6.07, 6.45) is 5.12. The first-order valence-electron chi connectivity index (χ1n) is 10.7. The van der Waals surface area contributed by atoms with E-state index in [1.807, 2.05) is 61.5 Å². The molecule has 0 aliphatic heterocycles. The SMILES string of the molecule is Cc1c(-c2ccc(=O)n(C)c2)nn(-c2ccccc2)c1NC(=O)Nc1cncc2ccccc12. The van der Waals surface area contributed by atoms with Gasteiger partial charge in [-0.1, -0.05) is 42.5 Å². The van der Waals surface area contributed by atoms with Crippen LogP contribution in [-0.2, 0) is 7.05 Å². The van der Waals surface area contributed by atoms with Crippen LogP contribution in [0.2, 0.25) is 0 Å². The lowest BCUT2D eigenvalue weighted by atomic mass is 10.1. The number of hydrogen-bond acceptors (Lipinski definition) is 4. The molecule has 0 unspecified atom stereocenters. The van der Waals surface area contributed by atoms with Gasteiger partial charge in [0.05, 0.1) is 23.3 Å². The van der Waals surface area contributed by atoms with Gasteiger partial charge in [-0.3, -0.25) is 15.1 Å². The van der Waals surface area contributed by atoms with Gasteiger partial charge in [0.1, 0.15) is 5.82 Å². The maximum Gasteiger partial charge on any atom is 0.324 e. The number of para-hydroxylation sites is 1. The highest BCUT2D eigenvalue weighted by atomic mass is 16.2. The molecule has 0 fully saturated rings. The van der Waals surface area contributed by atoms with E-state index in [0.29, 0.717) is 17.2 Å². The van der Waals surface area contributed by atoms with Gasteiger partial charge < -0.3 is 9.88 Å². The molecular formula is C26H22N6O2. The lowest BCUT2D eigenvalue weighted by Gasteiger charge is -2.12. The van der Waals surface area contributed by atoms with Crippen molar-refractivity contribution in [3.8, 4) is 16.9 Å². The van der Waals surface area contributed by atoms with Crippen molar-refractivity contribution in [1.29, 1.82) is 0 Å². The molecule has 168 valence electrons. The van der Waals surface area contributed by atoms with Crippen molar-refractivity contribution in [2.75, 3.05) is 10.6 Å². The number of benzene rings is 2. The molecule has 8 nitrogen and oxygen atoms in total. The number of amides is 2. The molecule has 2 amide bonds. The Kier molecular flexibility index (Phi) is 5.39. The number of urea groups is 1. The normalized spacial score (nSPS) is 10.9. The molecule has 2 N–H and O–H groups in total. The summed E-state index contributed by atoms with van der Waals surface area (Å²) in [7, 11) is 1.69. The average Bonchev–Trinajstić information content (AvgIpc) is 3.17. The van der Waals surface area contributed by atoms with E-state index in [1.165, 1.54) is 10.6 Å². The quantitative estimate of drug-likeness (QED) is 0.414. The predicted molar refractivity (Wildman–Crippen MR) is 133 cm³/mol. The Hall–Kier alpha value is -4.72. The zero-order valence-corrected chi connectivity index (χ0v) is 18.7. The van der Waals surface area contributed by atoms with Gasteiger partial charge in [0, 0.05) is 47.4 Å². The minimum Gasteiger partial charge on any atom is -0.318 e. The monoisotopic (exact) mass is 450 g/mol. The molecule has 0 saturated carbocycles. The molecule has 0 aliphatic carbocycles. The number of hydrogen-bond donors (Lipinski definition) is 2. The Balaban J connectivity index is 1.54. The van der Waals surface area contributed by atoms with Crippen molar-refractivity contribution in [2.45, 2.75) is 6.92 Å². The van der Waals surface area contributed by atoms with Crippen LogP contribution in [0.1, 0.15) is 5.56 Å². The maximum absolute atomic E-state index is 13.1. The first kappa shape index (κ1) is 21.1. The third-order valence-corrected chi connectivity index (χ3v) is 5.63. The number of nitrogens with one attached hydrogen (secondary N) is 2. The second-order valence-corrected chi connectivity index (χ2v) is 7.92. The molecular weight excluding hydrogens is 428 g/mol. The second-order valence-electron chi connectivity index (χ2n) is 7.92. The Bertz CT molecular complexity index is 1560. The summed E-state index contributed by atoms with van der Waals surface area (Å²) in [5, 5.41) is 12.5. The first-order chi connectivity index (χ1) is 16.5. The Morgan fingerprint density at radius 3 is 2.47 bits per heavy atom. The zero-order chi connectivity index (χ0) is 23.7. The molecule has 3 aromatic heterocycles. The summed E-state index contributed by atoms with van der Waals surface area (Å²) in [5.74, 6) is 0.528. The van der Waals surface area contributed by atoms with E-state index in [4.69, 9.17) is 5.10 Å². The van der Waals surface area contributed by atoms with E-state index in [0.717, 1.165) is 27.6 Å². The third-order valence-electron chi connectivity index (χ3n) is 5.63. The fourth-order valence-corrected chi connectivity index (χ4v) is 3.88. The van der Waals surface area contributed by atoms with Crippen molar-refractivity contribution in [2.24, 2.45) is 7.05 Å². The van der Waals surface area contributed by atoms with Crippen LogP contribution in [0.3, 0.4) is 0 Å². The van der Waals surface area contributed by atoms with E-state index in [2.05, 4.69) is 15.6 Å². The van der Waals surface area contributed by atoms with Crippen LogP contribution in [0.25, 0.3) is 27.7 Å². The molecule has 0 spiro atoms. The van der Waals surface area contributed by atoms with Crippen LogP contribution in [0.4, 0.5) is 16.3 Å². The van der Waals surface area contributed by atoms with Crippen molar-refractivity contribution < 1.29 is 4.79 Å². The Morgan fingerprint density at radius 1 is 0.912 bits per heavy atom. The molecule has 2 aromatic carbocycles. The molecule has 0 saturated heterocycles. The lowest BCUT2D eigenvalue weighted by Crippen LogP contribution is -2.22. The topological polar surface area (TPSA) is 93.8 Å². The number of aryl methyl sites for hydroxylation is 1. The molecule has 5 aromatic rings. The summed E-state index contributed by atoms with van der Waals surface area (Å²) >= 11 is 0. The predicted octanol–water partition coefficient (Wildman–Crippen LogP) is 4.74. The van der Waals surface area contributed by atoms with Crippen molar-refractivity contribution in [1.82, 2.24) is 19.3 Å². The van der Waals surface area contributed by atoms with Crippen LogP contribution in [0, 0.1) is 6.92 Å². The van der Waals surface area contributed by atoms with Gasteiger partial charge in [0.25, 0.3) is 0 Å². The zero-order valence-electron chi connectivity index (χ0n) is 18.7. The highest BCUT2D eigenvalue weighted by Crippen LogP contribution is 2.30. The fourth-order valence-electron chi connectivity index (χ4n) is 3.88. The number of aromatic nitrogens is 4. The molecule has 8 heteroatoms. The number of nitrogens with zero attached hydrogens (tertiary/aromatic N) is 4. The summed E-state index contributed by atoms with van der Waals surface area (Å²) in [6, 6.07) is 20.1. The van der Waals surface area contributed by atoms with Crippen molar-refractivity contribution in [3.63, 3.8) is 0 Å². The van der Waals surface area contributed by atoms with Gasteiger partial charge in [-0.15, -0.1) is 0 Å². The minimum atomic E-state index is -0.412. The van der Waals surface area contributed by atoms with Crippen molar-refractivity contribution in [3.05, 3.63) is 101 Å². The number of fused-ring (bicyclic) bond motifs is 1. The van der Waals surface area contributed by atoms with Crippen LogP contribution >= 0.6 is 0 Å². The van der Waals surface area contributed by atoms with Gasteiger partial charge in [0.15, 0.2) is 0 Å². The highest BCUT2D eigenvalue weighted by molar-refractivity contribution is 6.06. The standard InChI is InChI=1S/C26H22N6O2/c1-17-24(19-12-13-23(33)31(2)16-19)30-32(20-9-4-3-5-10-20)25(17)29-26(34)28-22-15-27-14-18-8-6-7-11-21(18)22/h3-16H,1-2H3,(H2,28,29,34). The Morgan fingerprint density at radius 2 is 1.68 bits per heavy atom. The average molecular weight is 451 g/mol. The Labute approximate surface area is 195 Å². The van der Waals surface area contributed by atoms with E-state index in [-0.39, 0.29) is 5.56 Å². The number of rotatable bonds is 4. The van der Waals surface area contributed by atoms with Crippen LogP contribution in [0.5, 0.6) is 0 Å². The molecule has 3 heterocycles. The van der Waals surface area contributed by atoms with Gasteiger partial charge in [-0.2, -0.15) is 5.10 Å². The fraction of sp³-hybridized carbons (Fsp3) is 0.0769. The maximum atomic E-state index is 13.1. The van der Waals surface area contributed by atoms with Crippen LogP contribution in [0.15, 0.2) is 90.1 Å².